The van der Waals surface area contributed by atoms with Gasteiger partial charge in [0.15, 0.2) is 0 Å². The Kier molecular flexibility index (Phi) is 4.81. The molecule has 0 bridgehead atoms. The number of halogens is 5. The van der Waals surface area contributed by atoms with Crippen LogP contribution in [0, 0.1) is 5.82 Å². The number of alkyl halides is 3. The van der Waals surface area contributed by atoms with E-state index in [0.29, 0.717) is 5.69 Å². The summed E-state index contributed by atoms with van der Waals surface area (Å²) in [5.74, 6) is -1.57. The lowest BCUT2D eigenvalue weighted by Crippen LogP contribution is -2.35. The Hall–Kier alpha value is -3.27. The molecule has 1 aromatic carbocycles. The van der Waals surface area contributed by atoms with E-state index in [0.717, 1.165) is 23.1 Å². The van der Waals surface area contributed by atoms with E-state index >= 15 is 0 Å². The van der Waals surface area contributed by atoms with Gasteiger partial charge in [-0.3, -0.25) is 14.7 Å². The van der Waals surface area contributed by atoms with Crippen molar-refractivity contribution in [3.8, 4) is 0 Å². The minimum atomic E-state index is -4.74. The molecular formula is C19H12ClF4N5O. The minimum Gasteiger partial charge on any atom is -0.300 e. The molecule has 0 saturated heterocycles. The fourth-order valence-corrected chi connectivity index (χ4v) is 3.55. The van der Waals surface area contributed by atoms with Gasteiger partial charge in [-0.25, -0.2) is 9.07 Å². The predicted molar refractivity (Wildman–Crippen MR) is 98.7 cm³/mol. The number of hydrogen-bond acceptors (Lipinski definition) is 4. The second-order valence-corrected chi connectivity index (χ2v) is 6.83. The molecule has 0 N–H and O–H groups in total. The highest BCUT2D eigenvalue weighted by atomic mass is 35.5. The van der Waals surface area contributed by atoms with Crippen molar-refractivity contribution in [2.24, 2.45) is 7.05 Å². The summed E-state index contributed by atoms with van der Waals surface area (Å²) in [6.45, 7) is 0. The molecule has 4 rings (SSSR count). The average Bonchev–Trinajstić information content (AvgIpc) is 3.08. The summed E-state index contributed by atoms with van der Waals surface area (Å²) in [7, 11) is 1.61. The summed E-state index contributed by atoms with van der Waals surface area (Å²) in [4.78, 5) is 18.3. The van der Waals surface area contributed by atoms with Gasteiger partial charge in [0.05, 0.1) is 21.8 Å². The van der Waals surface area contributed by atoms with E-state index in [1.54, 1.807) is 7.05 Å². The third kappa shape index (κ3) is 3.22. The van der Waals surface area contributed by atoms with Crippen molar-refractivity contribution in [2.75, 3.05) is 0 Å². The van der Waals surface area contributed by atoms with Gasteiger partial charge in [0.2, 0.25) is 0 Å². The molecule has 0 spiro atoms. The highest BCUT2D eigenvalue weighted by Gasteiger charge is 2.39. The Bertz CT molecular complexity index is 1170. The molecule has 154 valence electrons. The molecular weight excluding hydrogens is 426 g/mol. The normalized spacial score (nSPS) is 15.9. The van der Waals surface area contributed by atoms with Crippen molar-refractivity contribution in [3.05, 3.63) is 81.8 Å². The minimum absolute atomic E-state index is 0.125. The van der Waals surface area contributed by atoms with Crippen LogP contribution in [0.3, 0.4) is 0 Å². The Morgan fingerprint density at radius 1 is 1.17 bits per heavy atom. The number of aryl methyl sites for hydroxylation is 1. The van der Waals surface area contributed by atoms with Gasteiger partial charge in [-0.2, -0.15) is 13.2 Å². The quantitative estimate of drug-likeness (QED) is 0.563. The van der Waals surface area contributed by atoms with E-state index in [4.69, 9.17) is 11.6 Å². The van der Waals surface area contributed by atoms with E-state index in [-0.39, 0.29) is 17.0 Å². The number of carbonyl (C=O) groups is 1. The molecule has 6 nitrogen and oxygen atoms in total. The van der Waals surface area contributed by atoms with Gasteiger partial charge in [0.1, 0.15) is 23.2 Å². The van der Waals surface area contributed by atoms with Gasteiger partial charge in [-0.1, -0.05) is 22.9 Å². The molecule has 30 heavy (non-hydrogen) atoms. The molecule has 1 unspecified atom stereocenters. The summed E-state index contributed by atoms with van der Waals surface area (Å²) < 4.78 is 55.7. The second kappa shape index (κ2) is 7.21. The highest BCUT2D eigenvalue weighted by Crippen LogP contribution is 2.39. The molecule has 0 aliphatic carbocycles. The molecule has 2 aromatic heterocycles. The van der Waals surface area contributed by atoms with Crippen molar-refractivity contribution in [1.82, 2.24) is 24.9 Å². The van der Waals surface area contributed by atoms with Crippen LogP contribution in [-0.4, -0.2) is 30.8 Å². The maximum absolute atomic E-state index is 14.6. The van der Waals surface area contributed by atoms with Crippen LogP contribution in [0.15, 0.2) is 42.7 Å². The van der Waals surface area contributed by atoms with Crippen LogP contribution in [-0.2, 0) is 13.2 Å². The van der Waals surface area contributed by atoms with Gasteiger partial charge >= 0.3 is 6.18 Å². The standard InChI is InChI=1S/C19H12ClF4N5O/c1-28-13-7-9-29(17(16(13)26-27-28)15-12(21)6-3-8-25-15)18(30)10-4-2-5-11(14(10)20)19(22,23)24/h2-9,17H,1H3. The monoisotopic (exact) mass is 437 g/mol. The van der Waals surface area contributed by atoms with E-state index in [1.165, 1.54) is 35.3 Å². The number of carbonyl (C=O) groups excluding carboxylic acids is 1. The van der Waals surface area contributed by atoms with Crippen molar-refractivity contribution in [1.29, 1.82) is 0 Å². The molecule has 3 heterocycles. The summed E-state index contributed by atoms with van der Waals surface area (Å²) in [6, 6.07) is 4.44. The maximum atomic E-state index is 14.6. The number of amides is 1. The third-order valence-corrected chi connectivity index (χ3v) is 5.05. The topological polar surface area (TPSA) is 63.9 Å². The lowest BCUT2D eigenvalue weighted by Gasteiger charge is -2.31. The number of benzene rings is 1. The number of hydrogen-bond donors (Lipinski definition) is 0. The van der Waals surface area contributed by atoms with Crippen LogP contribution >= 0.6 is 11.6 Å². The first-order chi connectivity index (χ1) is 14.2. The molecule has 3 aromatic rings. The average molecular weight is 438 g/mol. The zero-order valence-corrected chi connectivity index (χ0v) is 16.0. The first kappa shape index (κ1) is 20.0. The first-order valence-electron chi connectivity index (χ1n) is 8.56. The zero-order valence-electron chi connectivity index (χ0n) is 15.2. The van der Waals surface area contributed by atoms with Crippen molar-refractivity contribution in [2.45, 2.75) is 12.2 Å². The maximum Gasteiger partial charge on any atom is 0.417 e. The summed E-state index contributed by atoms with van der Waals surface area (Å²) >= 11 is 5.92. The summed E-state index contributed by atoms with van der Waals surface area (Å²) in [5.41, 5.74) is -0.917. The van der Waals surface area contributed by atoms with Crippen LogP contribution < -0.4 is 0 Å². The van der Waals surface area contributed by atoms with E-state index in [9.17, 15) is 22.4 Å². The molecule has 1 aliphatic heterocycles. The Balaban J connectivity index is 1.86. The van der Waals surface area contributed by atoms with Crippen molar-refractivity contribution in [3.63, 3.8) is 0 Å². The van der Waals surface area contributed by atoms with Crippen LogP contribution in [0.1, 0.15) is 39.0 Å². The van der Waals surface area contributed by atoms with Crippen LogP contribution in [0.25, 0.3) is 6.08 Å². The number of fused-ring (bicyclic) bond motifs is 1. The molecule has 1 atom stereocenters. The lowest BCUT2D eigenvalue weighted by atomic mass is 10.00. The molecule has 0 fully saturated rings. The fourth-order valence-electron chi connectivity index (χ4n) is 3.24. The Labute approximate surface area is 172 Å². The van der Waals surface area contributed by atoms with Gasteiger partial charge < -0.3 is 0 Å². The number of pyridine rings is 1. The smallest absolute Gasteiger partial charge is 0.300 e. The largest absolute Gasteiger partial charge is 0.417 e. The number of aromatic nitrogens is 4. The number of rotatable bonds is 2. The van der Waals surface area contributed by atoms with Crippen molar-refractivity contribution >= 4 is 23.6 Å². The molecule has 1 aliphatic rings. The lowest BCUT2D eigenvalue weighted by molar-refractivity contribution is -0.137. The van der Waals surface area contributed by atoms with Crippen LogP contribution in [0.4, 0.5) is 17.6 Å². The fraction of sp³-hybridized carbons (Fsp3) is 0.158. The van der Waals surface area contributed by atoms with Gasteiger partial charge in [0, 0.05) is 19.4 Å². The zero-order chi connectivity index (χ0) is 21.6. The Morgan fingerprint density at radius 2 is 1.93 bits per heavy atom. The van der Waals surface area contributed by atoms with Crippen molar-refractivity contribution < 1.29 is 22.4 Å². The van der Waals surface area contributed by atoms with E-state index in [1.807, 2.05) is 0 Å². The second-order valence-electron chi connectivity index (χ2n) is 6.45. The third-order valence-electron chi connectivity index (χ3n) is 4.64. The number of nitrogens with zero attached hydrogens (tertiary/aromatic N) is 5. The van der Waals surface area contributed by atoms with Gasteiger partial charge in [-0.15, -0.1) is 5.10 Å². The van der Waals surface area contributed by atoms with Gasteiger partial charge in [0.25, 0.3) is 5.91 Å². The van der Waals surface area contributed by atoms with E-state index < -0.39 is 34.5 Å². The van der Waals surface area contributed by atoms with Gasteiger partial charge in [-0.05, 0) is 30.3 Å². The molecule has 11 heteroatoms. The highest BCUT2D eigenvalue weighted by molar-refractivity contribution is 6.34. The van der Waals surface area contributed by atoms with Crippen LogP contribution in [0.2, 0.25) is 5.02 Å². The summed E-state index contributed by atoms with van der Waals surface area (Å²) in [6.07, 6.45) is -0.572. The first-order valence-corrected chi connectivity index (χ1v) is 8.94. The SMILES string of the molecule is Cn1nnc2c1C=CN(C(=O)c1cccc(C(F)(F)F)c1Cl)C2c1ncccc1F. The molecule has 0 radical (unpaired) electrons. The van der Waals surface area contributed by atoms with Crippen LogP contribution in [0.5, 0.6) is 0 Å². The van der Waals surface area contributed by atoms with E-state index in [2.05, 4.69) is 15.3 Å². The Morgan fingerprint density at radius 3 is 2.63 bits per heavy atom. The predicted octanol–water partition coefficient (Wildman–Crippen LogP) is 4.24. The summed E-state index contributed by atoms with van der Waals surface area (Å²) in [5, 5.41) is 7.15. The molecule has 1 amide bonds. The molecule has 0 saturated carbocycles.